The van der Waals surface area contributed by atoms with E-state index in [4.69, 9.17) is 23.2 Å². The number of benzene rings is 1. The molecule has 1 aromatic carbocycles. The average molecular weight is 373 g/mol. The summed E-state index contributed by atoms with van der Waals surface area (Å²) < 4.78 is 2.82. The van der Waals surface area contributed by atoms with E-state index in [2.05, 4.69) is 15.9 Å². The molecule has 1 aromatic heterocycles. The highest BCUT2D eigenvalue weighted by Crippen LogP contribution is 2.37. The van der Waals surface area contributed by atoms with Crippen LogP contribution >= 0.6 is 39.1 Å². The van der Waals surface area contributed by atoms with E-state index in [0.717, 1.165) is 40.0 Å². The molecule has 0 unspecified atom stereocenters. The van der Waals surface area contributed by atoms with Gasteiger partial charge in [-0.2, -0.15) is 0 Å². The van der Waals surface area contributed by atoms with Gasteiger partial charge in [0.2, 0.25) is 0 Å². The van der Waals surface area contributed by atoms with Gasteiger partial charge in [0, 0.05) is 27.8 Å². The lowest BCUT2D eigenvalue weighted by molar-refractivity contribution is 0.0972. The van der Waals surface area contributed by atoms with Crippen LogP contribution in [0.25, 0.3) is 5.69 Å². The van der Waals surface area contributed by atoms with Gasteiger partial charge in [-0.15, -0.1) is 0 Å². The Morgan fingerprint density at radius 2 is 1.95 bits per heavy atom. The van der Waals surface area contributed by atoms with Gasteiger partial charge in [-0.1, -0.05) is 23.2 Å². The summed E-state index contributed by atoms with van der Waals surface area (Å²) >= 11 is 15.9. The van der Waals surface area contributed by atoms with Crippen molar-refractivity contribution in [3.63, 3.8) is 0 Å². The first kappa shape index (κ1) is 14.2. The molecule has 0 fully saturated rings. The van der Waals surface area contributed by atoms with E-state index in [9.17, 15) is 4.79 Å². The van der Waals surface area contributed by atoms with Crippen LogP contribution in [-0.4, -0.2) is 10.4 Å². The highest BCUT2D eigenvalue weighted by molar-refractivity contribution is 9.10. The van der Waals surface area contributed by atoms with Crippen LogP contribution in [-0.2, 0) is 6.42 Å². The van der Waals surface area contributed by atoms with Crippen molar-refractivity contribution >= 4 is 44.9 Å². The van der Waals surface area contributed by atoms with Gasteiger partial charge in [-0.3, -0.25) is 4.79 Å². The summed E-state index contributed by atoms with van der Waals surface area (Å²) in [4.78, 5) is 12.0. The molecule has 3 rings (SSSR count). The van der Waals surface area contributed by atoms with Crippen LogP contribution < -0.4 is 0 Å². The van der Waals surface area contributed by atoms with Gasteiger partial charge in [-0.05, 0) is 53.9 Å². The summed E-state index contributed by atoms with van der Waals surface area (Å²) in [5, 5.41) is 0.994. The molecule has 104 valence electrons. The lowest BCUT2D eigenvalue weighted by atomic mass is 9.96. The van der Waals surface area contributed by atoms with Crippen molar-refractivity contribution in [2.24, 2.45) is 0 Å². The van der Waals surface area contributed by atoms with E-state index in [1.807, 2.05) is 29.7 Å². The Bertz CT molecular complexity index is 721. The first-order valence-corrected chi connectivity index (χ1v) is 7.94. The molecule has 1 heterocycles. The monoisotopic (exact) mass is 371 g/mol. The Kier molecular flexibility index (Phi) is 3.69. The Hall–Kier alpha value is -0.770. The van der Waals surface area contributed by atoms with Gasteiger partial charge in [0.25, 0.3) is 0 Å². The maximum Gasteiger partial charge on any atom is 0.164 e. The summed E-state index contributed by atoms with van der Waals surface area (Å²) in [7, 11) is 0. The van der Waals surface area contributed by atoms with Crippen LogP contribution in [0.2, 0.25) is 10.0 Å². The zero-order valence-corrected chi connectivity index (χ0v) is 13.9. The summed E-state index contributed by atoms with van der Waals surface area (Å²) in [6.07, 6.45) is 2.40. The number of halogens is 3. The third-order valence-corrected chi connectivity index (χ3v) is 5.42. The minimum absolute atomic E-state index is 0.215. The normalized spacial score (nSPS) is 14.5. The van der Waals surface area contributed by atoms with Crippen molar-refractivity contribution in [1.82, 2.24) is 4.57 Å². The number of hydrogen-bond acceptors (Lipinski definition) is 1. The molecule has 0 aliphatic heterocycles. The second-order valence-electron chi connectivity index (χ2n) is 4.95. The fourth-order valence-electron chi connectivity index (χ4n) is 2.75. The summed E-state index contributed by atoms with van der Waals surface area (Å²) in [5.41, 5.74) is 3.70. The Morgan fingerprint density at radius 1 is 1.20 bits per heavy atom. The third kappa shape index (κ3) is 2.12. The van der Waals surface area contributed by atoms with Crippen LogP contribution in [0.1, 0.15) is 34.6 Å². The molecule has 2 nitrogen and oxygen atoms in total. The second-order valence-corrected chi connectivity index (χ2v) is 6.56. The van der Waals surface area contributed by atoms with Crippen LogP contribution in [0.5, 0.6) is 0 Å². The number of aryl methyl sites for hydroxylation is 1. The number of hydrogen-bond donors (Lipinski definition) is 0. The fraction of sp³-hybridized carbons (Fsp3) is 0.267. The quantitative estimate of drug-likeness (QED) is 0.616. The molecule has 0 amide bonds. The van der Waals surface area contributed by atoms with Crippen molar-refractivity contribution in [3.8, 4) is 5.69 Å². The molecule has 20 heavy (non-hydrogen) atoms. The van der Waals surface area contributed by atoms with Crippen LogP contribution in [0, 0.1) is 6.92 Å². The van der Waals surface area contributed by atoms with Gasteiger partial charge < -0.3 is 4.57 Å². The molecular weight excluding hydrogens is 361 g/mol. The number of rotatable bonds is 1. The molecule has 0 atom stereocenters. The standard InChI is InChI=1S/C15H12BrCl2NO/c1-8-7-9-11(3-2-4-13(9)20)19(8)12-6-5-10(16)14(17)15(12)18/h5-7H,2-4H2,1H3. The molecule has 0 radical (unpaired) electrons. The lowest BCUT2D eigenvalue weighted by Crippen LogP contribution is -2.13. The maximum absolute atomic E-state index is 12.0. The van der Waals surface area contributed by atoms with Crippen molar-refractivity contribution in [1.29, 1.82) is 0 Å². The van der Waals surface area contributed by atoms with E-state index >= 15 is 0 Å². The van der Waals surface area contributed by atoms with Gasteiger partial charge in [0.1, 0.15) is 0 Å². The first-order chi connectivity index (χ1) is 9.50. The van der Waals surface area contributed by atoms with Crippen molar-refractivity contribution in [2.45, 2.75) is 26.2 Å². The smallest absolute Gasteiger partial charge is 0.164 e. The topological polar surface area (TPSA) is 22.0 Å². The SMILES string of the molecule is Cc1cc2c(n1-c1ccc(Br)c(Cl)c1Cl)CCCC2=O. The zero-order valence-electron chi connectivity index (χ0n) is 10.8. The molecule has 0 spiro atoms. The number of nitrogens with zero attached hydrogens (tertiary/aromatic N) is 1. The first-order valence-electron chi connectivity index (χ1n) is 6.39. The number of carbonyl (C=O) groups excluding carboxylic acids is 1. The molecular formula is C15H12BrCl2NO. The van der Waals surface area contributed by atoms with Crippen molar-refractivity contribution in [3.05, 3.63) is 49.7 Å². The Morgan fingerprint density at radius 3 is 2.70 bits per heavy atom. The Labute approximate surface area is 135 Å². The summed E-state index contributed by atoms with van der Waals surface area (Å²) in [5.74, 6) is 0.215. The number of aromatic nitrogens is 1. The zero-order chi connectivity index (χ0) is 14.4. The predicted molar refractivity (Wildman–Crippen MR) is 85.5 cm³/mol. The minimum atomic E-state index is 0.215. The van der Waals surface area contributed by atoms with Crippen LogP contribution in [0.3, 0.4) is 0 Å². The highest BCUT2D eigenvalue weighted by Gasteiger charge is 2.24. The summed E-state index contributed by atoms with van der Waals surface area (Å²) in [6, 6.07) is 5.74. The lowest BCUT2D eigenvalue weighted by Gasteiger charge is -2.17. The number of carbonyl (C=O) groups is 1. The van der Waals surface area contributed by atoms with Crippen LogP contribution in [0.4, 0.5) is 0 Å². The van der Waals surface area contributed by atoms with E-state index in [1.165, 1.54) is 0 Å². The molecule has 0 saturated heterocycles. The third-order valence-electron chi connectivity index (χ3n) is 3.66. The minimum Gasteiger partial charge on any atom is -0.316 e. The van der Waals surface area contributed by atoms with Crippen molar-refractivity contribution in [2.75, 3.05) is 0 Å². The van der Waals surface area contributed by atoms with Gasteiger partial charge in [0.15, 0.2) is 5.78 Å². The van der Waals surface area contributed by atoms with Gasteiger partial charge in [-0.25, -0.2) is 0 Å². The molecule has 5 heteroatoms. The van der Waals surface area contributed by atoms with Crippen LogP contribution in [0.15, 0.2) is 22.7 Å². The van der Waals surface area contributed by atoms with E-state index in [0.29, 0.717) is 16.5 Å². The number of Topliss-reactive ketones (excluding diaryl/α,β-unsaturated/α-hetero) is 1. The molecule has 1 aliphatic carbocycles. The molecule has 1 aliphatic rings. The van der Waals surface area contributed by atoms with Crippen molar-refractivity contribution < 1.29 is 4.79 Å². The Balaban J connectivity index is 2.26. The van der Waals surface area contributed by atoms with Gasteiger partial charge >= 0.3 is 0 Å². The van der Waals surface area contributed by atoms with E-state index in [-0.39, 0.29) is 5.78 Å². The highest BCUT2D eigenvalue weighted by atomic mass is 79.9. The maximum atomic E-state index is 12.0. The fourth-order valence-corrected chi connectivity index (χ4v) is 3.61. The molecule has 0 saturated carbocycles. The number of fused-ring (bicyclic) bond motifs is 1. The van der Waals surface area contributed by atoms with E-state index < -0.39 is 0 Å². The van der Waals surface area contributed by atoms with Gasteiger partial charge in [0.05, 0.1) is 15.7 Å². The molecule has 0 N–H and O–H groups in total. The summed E-state index contributed by atoms with van der Waals surface area (Å²) in [6.45, 7) is 1.98. The molecule has 0 bridgehead atoms. The largest absolute Gasteiger partial charge is 0.316 e. The average Bonchev–Trinajstić information content (AvgIpc) is 2.75. The predicted octanol–water partition coefficient (Wildman–Crippen LogP) is 5.37. The molecule has 2 aromatic rings. The number of ketones is 1. The van der Waals surface area contributed by atoms with E-state index in [1.54, 1.807) is 0 Å². The second kappa shape index (κ2) is 5.21.